The Kier molecular flexibility index (Phi) is 5.18. The van der Waals surface area contributed by atoms with E-state index < -0.39 is 0 Å². The van der Waals surface area contributed by atoms with Gasteiger partial charge in [-0.1, -0.05) is 19.9 Å². The first-order valence-electron chi connectivity index (χ1n) is 4.40. The first kappa shape index (κ1) is 11.7. The first-order chi connectivity index (χ1) is 5.63. The van der Waals surface area contributed by atoms with Crippen LogP contribution < -0.4 is 0 Å². The van der Waals surface area contributed by atoms with Crippen molar-refractivity contribution in [1.29, 1.82) is 0 Å². The molecule has 2 nitrogen and oxygen atoms in total. The van der Waals surface area contributed by atoms with Crippen LogP contribution in [0.5, 0.6) is 0 Å². The monoisotopic (exact) mass is 172 g/mol. The highest BCUT2D eigenvalue weighted by molar-refractivity contribution is 4.85. The van der Waals surface area contributed by atoms with Crippen molar-refractivity contribution in [3.63, 3.8) is 0 Å². The summed E-state index contributed by atoms with van der Waals surface area (Å²) in [5.74, 6) is 0.326. The third kappa shape index (κ3) is 2.61. The van der Waals surface area contributed by atoms with Crippen LogP contribution in [0.15, 0.2) is 12.7 Å². The molecule has 0 aromatic rings. The van der Waals surface area contributed by atoms with Gasteiger partial charge in [0.15, 0.2) is 0 Å². The second-order valence-electron chi connectivity index (χ2n) is 3.41. The van der Waals surface area contributed by atoms with E-state index in [2.05, 4.69) is 20.4 Å². The summed E-state index contributed by atoms with van der Waals surface area (Å²) >= 11 is 0. The highest BCUT2D eigenvalue weighted by Gasteiger charge is 2.31. The van der Waals surface area contributed by atoms with Gasteiger partial charge in [-0.3, -0.25) is 0 Å². The third-order valence-corrected chi connectivity index (χ3v) is 2.50. The number of aliphatic hydroxyl groups is 1. The summed E-state index contributed by atoms with van der Waals surface area (Å²) in [5.41, 5.74) is -0.381. The molecule has 0 radical (unpaired) electrons. The van der Waals surface area contributed by atoms with Gasteiger partial charge in [-0.25, -0.2) is 0 Å². The SMILES string of the molecule is C=CCCC(CO)(OC)C(C)C. The number of rotatable bonds is 6. The standard InChI is InChI=1S/C10H20O2/c1-5-6-7-10(8-11,12-4)9(2)3/h5,9,11H,1,6-8H2,2-4H3. The fraction of sp³-hybridized carbons (Fsp3) is 0.800. The van der Waals surface area contributed by atoms with E-state index in [-0.39, 0.29) is 12.2 Å². The molecule has 0 saturated carbocycles. The van der Waals surface area contributed by atoms with Crippen molar-refractivity contribution in [2.45, 2.75) is 32.3 Å². The molecule has 72 valence electrons. The summed E-state index contributed by atoms with van der Waals surface area (Å²) < 4.78 is 5.35. The van der Waals surface area contributed by atoms with E-state index in [1.54, 1.807) is 7.11 Å². The molecule has 12 heavy (non-hydrogen) atoms. The molecule has 2 heteroatoms. The van der Waals surface area contributed by atoms with Crippen molar-refractivity contribution in [2.24, 2.45) is 5.92 Å². The van der Waals surface area contributed by atoms with Crippen LogP contribution in [0.25, 0.3) is 0 Å². The number of methoxy groups -OCH3 is 1. The third-order valence-electron chi connectivity index (χ3n) is 2.50. The second kappa shape index (κ2) is 5.33. The fourth-order valence-electron chi connectivity index (χ4n) is 1.30. The molecule has 0 bridgehead atoms. The molecule has 0 aliphatic heterocycles. The van der Waals surface area contributed by atoms with Gasteiger partial charge >= 0.3 is 0 Å². The molecule has 0 aromatic heterocycles. The van der Waals surface area contributed by atoms with E-state index >= 15 is 0 Å². The average molecular weight is 172 g/mol. The number of allylic oxidation sites excluding steroid dienone is 1. The van der Waals surface area contributed by atoms with E-state index in [0.717, 1.165) is 12.8 Å². The molecule has 0 saturated heterocycles. The number of ether oxygens (including phenoxy) is 1. The Labute approximate surface area is 75.2 Å². The lowest BCUT2D eigenvalue weighted by Crippen LogP contribution is -2.41. The number of hydrogen-bond acceptors (Lipinski definition) is 2. The Morgan fingerprint density at radius 2 is 2.17 bits per heavy atom. The van der Waals surface area contributed by atoms with Crippen LogP contribution in [0.4, 0.5) is 0 Å². The first-order valence-corrected chi connectivity index (χ1v) is 4.40. The summed E-state index contributed by atoms with van der Waals surface area (Å²) in [5, 5.41) is 9.21. The Morgan fingerprint density at radius 3 is 2.42 bits per heavy atom. The molecule has 0 amide bonds. The molecule has 0 spiro atoms. The van der Waals surface area contributed by atoms with Crippen molar-refractivity contribution < 1.29 is 9.84 Å². The van der Waals surface area contributed by atoms with Gasteiger partial charge in [0.05, 0.1) is 12.2 Å². The molecular formula is C10H20O2. The lowest BCUT2D eigenvalue weighted by atomic mass is 9.86. The molecule has 1 atom stereocenters. The predicted octanol–water partition coefficient (Wildman–Crippen LogP) is 1.99. The Bertz CT molecular complexity index is 126. The minimum atomic E-state index is -0.381. The highest BCUT2D eigenvalue weighted by atomic mass is 16.5. The van der Waals surface area contributed by atoms with Crippen molar-refractivity contribution >= 4 is 0 Å². The van der Waals surface area contributed by atoms with Crippen molar-refractivity contribution in [3.8, 4) is 0 Å². The topological polar surface area (TPSA) is 29.5 Å². The zero-order chi connectivity index (χ0) is 9.61. The summed E-state index contributed by atoms with van der Waals surface area (Å²) in [6, 6.07) is 0. The van der Waals surface area contributed by atoms with Crippen molar-refractivity contribution in [2.75, 3.05) is 13.7 Å². The van der Waals surface area contributed by atoms with Gasteiger partial charge in [0.2, 0.25) is 0 Å². The lowest BCUT2D eigenvalue weighted by molar-refractivity contribution is -0.0889. The van der Waals surface area contributed by atoms with Crippen LogP contribution in [0.2, 0.25) is 0 Å². The minimum absolute atomic E-state index is 0.0784. The predicted molar refractivity (Wildman–Crippen MR) is 51.1 cm³/mol. The number of hydrogen-bond donors (Lipinski definition) is 1. The van der Waals surface area contributed by atoms with Crippen molar-refractivity contribution in [3.05, 3.63) is 12.7 Å². The zero-order valence-electron chi connectivity index (χ0n) is 8.34. The average Bonchev–Trinajstić information content (AvgIpc) is 2.07. The molecule has 1 N–H and O–H groups in total. The van der Waals surface area contributed by atoms with Gasteiger partial charge < -0.3 is 9.84 Å². The Morgan fingerprint density at radius 1 is 1.58 bits per heavy atom. The Balaban J connectivity index is 4.24. The maximum atomic E-state index is 9.21. The normalized spacial score (nSPS) is 16.1. The summed E-state index contributed by atoms with van der Waals surface area (Å²) in [6.07, 6.45) is 3.57. The molecule has 0 aromatic carbocycles. The molecule has 0 heterocycles. The molecule has 0 aliphatic carbocycles. The maximum Gasteiger partial charge on any atom is 0.0933 e. The van der Waals surface area contributed by atoms with E-state index in [9.17, 15) is 5.11 Å². The van der Waals surface area contributed by atoms with E-state index in [1.807, 2.05) is 6.08 Å². The van der Waals surface area contributed by atoms with E-state index in [1.165, 1.54) is 0 Å². The van der Waals surface area contributed by atoms with E-state index in [0.29, 0.717) is 5.92 Å². The minimum Gasteiger partial charge on any atom is -0.393 e. The summed E-state index contributed by atoms with van der Waals surface area (Å²) in [6.45, 7) is 7.85. The Hall–Kier alpha value is -0.340. The molecular weight excluding hydrogens is 152 g/mol. The van der Waals surface area contributed by atoms with Gasteiger partial charge in [0, 0.05) is 7.11 Å². The smallest absolute Gasteiger partial charge is 0.0933 e. The van der Waals surface area contributed by atoms with Gasteiger partial charge in [-0.05, 0) is 18.8 Å². The fourth-order valence-corrected chi connectivity index (χ4v) is 1.30. The highest BCUT2D eigenvalue weighted by Crippen LogP contribution is 2.26. The van der Waals surface area contributed by atoms with Crippen LogP contribution >= 0.6 is 0 Å². The van der Waals surface area contributed by atoms with Crippen LogP contribution in [0.1, 0.15) is 26.7 Å². The van der Waals surface area contributed by atoms with Gasteiger partial charge in [0.25, 0.3) is 0 Å². The van der Waals surface area contributed by atoms with Crippen LogP contribution in [-0.4, -0.2) is 24.4 Å². The summed E-state index contributed by atoms with van der Waals surface area (Å²) in [7, 11) is 1.65. The van der Waals surface area contributed by atoms with Crippen LogP contribution in [0.3, 0.4) is 0 Å². The van der Waals surface area contributed by atoms with Gasteiger partial charge in [-0.15, -0.1) is 6.58 Å². The zero-order valence-corrected chi connectivity index (χ0v) is 8.34. The van der Waals surface area contributed by atoms with Gasteiger partial charge in [-0.2, -0.15) is 0 Å². The van der Waals surface area contributed by atoms with E-state index in [4.69, 9.17) is 4.74 Å². The summed E-state index contributed by atoms with van der Waals surface area (Å²) in [4.78, 5) is 0. The number of aliphatic hydroxyl groups excluding tert-OH is 1. The van der Waals surface area contributed by atoms with Crippen molar-refractivity contribution in [1.82, 2.24) is 0 Å². The second-order valence-corrected chi connectivity index (χ2v) is 3.41. The quantitative estimate of drug-likeness (QED) is 0.621. The lowest BCUT2D eigenvalue weighted by Gasteiger charge is -2.34. The van der Waals surface area contributed by atoms with Gasteiger partial charge in [0.1, 0.15) is 0 Å². The largest absolute Gasteiger partial charge is 0.393 e. The molecule has 0 fully saturated rings. The molecule has 0 rings (SSSR count). The van der Waals surface area contributed by atoms with Crippen LogP contribution in [-0.2, 0) is 4.74 Å². The van der Waals surface area contributed by atoms with Crippen LogP contribution in [0, 0.1) is 5.92 Å². The maximum absolute atomic E-state index is 9.21. The molecule has 1 unspecified atom stereocenters. The molecule has 0 aliphatic rings.